The Hall–Kier alpha value is -1.20. The van der Waals surface area contributed by atoms with Gasteiger partial charge in [-0.15, -0.1) is 0 Å². The molecule has 1 saturated heterocycles. The molecule has 1 N–H and O–H groups in total. The number of halogens is 1. The van der Waals surface area contributed by atoms with Gasteiger partial charge in [0.2, 0.25) is 0 Å². The third-order valence-corrected chi connectivity index (χ3v) is 2.60. The summed E-state index contributed by atoms with van der Waals surface area (Å²) in [5.74, 6) is 0.244. The van der Waals surface area contributed by atoms with Gasteiger partial charge in [0.15, 0.2) is 0 Å². The number of ether oxygens (including phenoxy) is 1. The molecule has 16 heavy (non-hydrogen) atoms. The Morgan fingerprint density at radius 1 is 1.44 bits per heavy atom. The summed E-state index contributed by atoms with van der Waals surface area (Å²) in [6.45, 7) is 2.74. The molecule has 1 aliphatic rings. The zero-order valence-corrected chi connectivity index (χ0v) is 9.03. The molecular formula is C11H15FN2O2. The van der Waals surface area contributed by atoms with Crippen LogP contribution < -0.4 is 4.90 Å². The van der Waals surface area contributed by atoms with Gasteiger partial charge in [0.05, 0.1) is 19.4 Å². The maximum absolute atomic E-state index is 13.0. The number of nitrogens with zero attached hydrogens (tertiary/aromatic N) is 2. The zero-order valence-electron chi connectivity index (χ0n) is 9.03. The molecule has 0 spiro atoms. The highest BCUT2D eigenvalue weighted by molar-refractivity contribution is 5.46. The highest BCUT2D eigenvalue weighted by Gasteiger charge is 2.15. The quantitative estimate of drug-likeness (QED) is 0.815. The molecule has 0 radical (unpaired) electrons. The number of aliphatic hydroxyl groups excluding tert-OH is 1. The largest absolute Gasteiger partial charge is 0.392 e. The van der Waals surface area contributed by atoms with E-state index in [9.17, 15) is 9.50 Å². The Kier molecular flexibility index (Phi) is 3.69. The first-order chi connectivity index (χ1) is 7.81. The number of hydrogen-bond acceptors (Lipinski definition) is 4. The fourth-order valence-corrected chi connectivity index (χ4v) is 1.83. The van der Waals surface area contributed by atoms with Crippen molar-refractivity contribution in [2.24, 2.45) is 0 Å². The number of pyridine rings is 1. The van der Waals surface area contributed by atoms with Crippen LogP contribution in [0.3, 0.4) is 0 Å². The summed E-state index contributed by atoms with van der Waals surface area (Å²) in [5, 5.41) is 9.18. The van der Waals surface area contributed by atoms with Gasteiger partial charge in [-0.1, -0.05) is 0 Å². The first-order valence-corrected chi connectivity index (χ1v) is 5.39. The molecule has 1 aromatic rings. The van der Waals surface area contributed by atoms with Gasteiger partial charge in [0, 0.05) is 25.3 Å². The van der Waals surface area contributed by atoms with E-state index in [0.29, 0.717) is 18.0 Å². The summed E-state index contributed by atoms with van der Waals surface area (Å²) in [5.41, 5.74) is 0.530. The second-order valence-electron chi connectivity index (χ2n) is 3.75. The number of aliphatic hydroxyl groups is 1. The van der Waals surface area contributed by atoms with Gasteiger partial charge in [0.25, 0.3) is 0 Å². The number of anilines is 1. The van der Waals surface area contributed by atoms with Gasteiger partial charge in [-0.3, -0.25) is 0 Å². The Bertz CT molecular complexity index is 352. The molecule has 2 heterocycles. The van der Waals surface area contributed by atoms with Crippen molar-refractivity contribution in [2.75, 3.05) is 31.2 Å². The second kappa shape index (κ2) is 5.23. The fourth-order valence-electron chi connectivity index (χ4n) is 1.83. The van der Waals surface area contributed by atoms with Crippen LogP contribution in [-0.2, 0) is 11.3 Å². The molecule has 88 valence electrons. The van der Waals surface area contributed by atoms with E-state index < -0.39 is 5.82 Å². The molecule has 0 aliphatic carbocycles. The molecule has 2 rings (SSSR count). The molecule has 0 bridgehead atoms. The van der Waals surface area contributed by atoms with Crippen molar-refractivity contribution in [1.82, 2.24) is 4.98 Å². The van der Waals surface area contributed by atoms with Crippen molar-refractivity contribution in [2.45, 2.75) is 13.0 Å². The Morgan fingerprint density at radius 2 is 2.31 bits per heavy atom. The van der Waals surface area contributed by atoms with Crippen LogP contribution in [0.4, 0.5) is 10.2 Å². The molecule has 0 saturated carbocycles. The van der Waals surface area contributed by atoms with Crippen LogP contribution in [0.15, 0.2) is 12.3 Å². The average Bonchev–Trinajstić information content (AvgIpc) is 2.57. The van der Waals surface area contributed by atoms with Crippen molar-refractivity contribution in [3.8, 4) is 0 Å². The van der Waals surface area contributed by atoms with E-state index in [2.05, 4.69) is 4.98 Å². The van der Waals surface area contributed by atoms with Crippen LogP contribution in [0.25, 0.3) is 0 Å². The summed E-state index contributed by atoms with van der Waals surface area (Å²) in [6, 6.07) is 1.33. The van der Waals surface area contributed by atoms with Gasteiger partial charge >= 0.3 is 0 Å². The van der Waals surface area contributed by atoms with Gasteiger partial charge in [-0.05, 0) is 12.5 Å². The molecule has 1 fully saturated rings. The lowest BCUT2D eigenvalue weighted by Gasteiger charge is -2.22. The van der Waals surface area contributed by atoms with E-state index in [1.165, 1.54) is 12.3 Å². The second-order valence-corrected chi connectivity index (χ2v) is 3.75. The van der Waals surface area contributed by atoms with Crippen molar-refractivity contribution in [3.05, 3.63) is 23.6 Å². The molecule has 1 aromatic heterocycles. The highest BCUT2D eigenvalue weighted by atomic mass is 19.1. The molecule has 0 amide bonds. The van der Waals surface area contributed by atoms with Crippen molar-refractivity contribution in [3.63, 3.8) is 0 Å². The lowest BCUT2D eigenvalue weighted by molar-refractivity contribution is 0.152. The minimum Gasteiger partial charge on any atom is -0.392 e. The molecule has 5 heteroatoms. The van der Waals surface area contributed by atoms with E-state index in [1.54, 1.807) is 0 Å². The maximum atomic E-state index is 13.0. The SMILES string of the molecule is OCc1cc(F)cnc1N1CCCOCC1. The Labute approximate surface area is 93.7 Å². The number of aromatic nitrogens is 1. The Morgan fingerprint density at radius 3 is 3.12 bits per heavy atom. The Balaban J connectivity index is 2.23. The van der Waals surface area contributed by atoms with Crippen LogP contribution in [-0.4, -0.2) is 36.4 Å². The van der Waals surface area contributed by atoms with Crippen LogP contribution >= 0.6 is 0 Å². The minimum atomic E-state index is -0.418. The number of hydrogen-bond donors (Lipinski definition) is 1. The van der Waals surface area contributed by atoms with Crippen LogP contribution in [0.5, 0.6) is 0 Å². The molecule has 0 atom stereocenters. The van der Waals surface area contributed by atoms with Crippen molar-refractivity contribution < 1.29 is 14.2 Å². The lowest BCUT2D eigenvalue weighted by atomic mass is 10.2. The van der Waals surface area contributed by atoms with Crippen LogP contribution in [0, 0.1) is 5.82 Å². The summed E-state index contributed by atoms with van der Waals surface area (Å²) >= 11 is 0. The molecule has 0 unspecified atom stereocenters. The minimum absolute atomic E-state index is 0.197. The maximum Gasteiger partial charge on any atom is 0.142 e. The standard InChI is InChI=1S/C11H15FN2O2/c12-10-6-9(8-15)11(13-7-10)14-2-1-4-16-5-3-14/h6-7,15H,1-5,8H2. The summed E-state index contributed by atoms with van der Waals surface area (Å²) in [4.78, 5) is 6.08. The topological polar surface area (TPSA) is 45.6 Å². The average molecular weight is 226 g/mol. The monoisotopic (exact) mass is 226 g/mol. The van der Waals surface area contributed by atoms with Crippen molar-refractivity contribution >= 4 is 5.82 Å². The van der Waals surface area contributed by atoms with Gasteiger partial charge < -0.3 is 14.7 Å². The predicted octanol–water partition coefficient (Wildman–Crippen LogP) is 0.940. The highest BCUT2D eigenvalue weighted by Crippen LogP contribution is 2.19. The molecule has 4 nitrogen and oxygen atoms in total. The summed E-state index contributed by atoms with van der Waals surface area (Å²) in [6.07, 6.45) is 2.10. The van der Waals surface area contributed by atoms with Crippen LogP contribution in [0.1, 0.15) is 12.0 Å². The van der Waals surface area contributed by atoms with E-state index in [4.69, 9.17) is 4.74 Å². The van der Waals surface area contributed by atoms with E-state index in [0.717, 1.165) is 26.1 Å². The summed E-state index contributed by atoms with van der Waals surface area (Å²) in [7, 11) is 0. The van der Waals surface area contributed by atoms with E-state index >= 15 is 0 Å². The first-order valence-electron chi connectivity index (χ1n) is 5.39. The predicted molar refractivity (Wildman–Crippen MR) is 57.8 cm³/mol. The van der Waals surface area contributed by atoms with E-state index in [-0.39, 0.29) is 6.61 Å². The molecule has 1 aliphatic heterocycles. The van der Waals surface area contributed by atoms with E-state index in [1.807, 2.05) is 4.90 Å². The lowest BCUT2D eigenvalue weighted by Crippen LogP contribution is -2.28. The van der Waals surface area contributed by atoms with Gasteiger partial charge in [0.1, 0.15) is 11.6 Å². The first kappa shape index (κ1) is 11.3. The third-order valence-electron chi connectivity index (χ3n) is 2.60. The smallest absolute Gasteiger partial charge is 0.142 e. The fraction of sp³-hybridized carbons (Fsp3) is 0.545. The number of rotatable bonds is 2. The molecule has 0 aromatic carbocycles. The third kappa shape index (κ3) is 2.48. The van der Waals surface area contributed by atoms with Crippen LogP contribution in [0.2, 0.25) is 0 Å². The van der Waals surface area contributed by atoms with Gasteiger partial charge in [-0.25, -0.2) is 9.37 Å². The normalized spacial score (nSPS) is 17.2. The van der Waals surface area contributed by atoms with Gasteiger partial charge in [-0.2, -0.15) is 0 Å². The summed E-state index contributed by atoms with van der Waals surface area (Å²) < 4.78 is 18.3. The van der Waals surface area contributed by atoms with Crippen molar-refractivity contribution in [1.29, 1.82) is 0 Å². The molecular weight excluding hydrogens is 211 g/mol. The zero-order chi connectivity index (χ0) is 11.4.